The Kier molecular flexibility index (Phi) is 7.71. The minimum absolute atomic E-state index is 0.207. The molecule has 0 bridgehead atoms. The smallest absolute Gasteiger partial charge is 0.273 e. The lowest BCUT2D eigenvalue weighted by Gasteiger charge is -2.22. The van der Waals surface area contributed by atoms with Crippen molar-refractivity contribution >= 4 is 34.9 Å². The van der Waals surface area contributed by atoms with Crippen molar-refractivity contribution in [2.45, 2.75) is 26.4 Å². The standard InChI is InChI=1S/C29H33N5O2/c1-4-15-34(36-19-20-5-11-25(30)12-6-20)29(35)24-16-23-8-7-22(17-27(23)32-28(31)18-24)21-9-13-26(14-10-21)33(2)3/h5-14,16-17H,4,15,18-19,30H2,1-3H3,(H2,31,32). The van der Waals surface area contributed by atoms with Gasteiger partial charge in [0.05, 0.1) is 5.69 Å². The summed E-state index contributed by atoms with van der Waals surface area (Å²) >= 11 is 0. The molecule has 0 saturated heterocycles. The summed E-state index contributed by atoms with van der Waals surface area (Å²) < 4.78 is 0. The lowest BCUT2D eigenvalue weighted by molar-refractivity contribution is -0.187. The summed E-state index contributed by atoms with van der Waals surface area (Å²) in [5.74, 6) is 0.185. The number of rotatable bonds is 8. The number of hydrogen-bond donors (Lipinski definition) is 2. The Morgan fingerprint density at radius 2 is 1.67 bits per heavy atom. The van der Waals surface area contributed by atoms with E-state index < -0.39 is 0 Å². The van der Waals surface area contributed by atoms with Gasteiger partial charge in [0.15, 0.2) is 0 Å². The van der Waals surface area contributed by atoms with Gasteiger partial charge in [0, 0.05) is 49.6 Å². The second kappa shape index (κ2) is 11.1. The first-order chi connectivity index (χ1) is 17.3. The number of benzene rings is 3. The van der Waals surface area contributed by atoms with Crippen molar-refractivity contribution in [1.82, 2.24) is 5.06 Å². The fourth-order valence-corrected chi connectivity index (χ4v) is 4.01. The maximum atomic E-state index is 13.4. The van der Waals surface area contributed by atoms with Gasteiger partial charge in [0.2, 0.25) is 0 Å². The molecule has 0 unspecified atom stereocenters. The number of aliphatic imine (C=N–C) groups is 1. The van der Waals surface area contributed by atoms with Crippen LogP contribution in [0.2, 0.25) is 0 Å². The van der Waals surface area contributed by atoms with Gasteiger partial charge in [-0.25, -0.2) is 10.1 Å². The molecule has 186 valence electrons. The van der Waals surface area contributed by atoms with E-state index in [1.807, 2.05) is 69.6 Å². The first-order valence-corrected chi connectivity index (χ1v) is 12.1. The van der Waals surface area contributed by atoms with Gasteiger partial charge in [-0.1, -0.05) is 43.3 Å². The van der Waals surface area contributed by atoms with E-state index in [0.717, 1.165) is 40.0 Å². The van der Waals surface area contributed by atoms with Gasteiger partial charge in [0.1, 0.15) is 12.4 Å². The monoisotopic (exact) mass is 483 g/mol. The highest BCUT2D eigenvalue weighted by atomic mass is 16.7. The molecule has 0 fully saturated rings. The molecule has 0 atom stereocenters. The van der Waals surface area contributed by atoms with E-state index in [4.69, 9.17) is 16.3 Å². The van der Waals surface area contributed by atoms with Crippen LogP contribution in [0.5, 0.6) is 0 Å². The van der Waals surface area contributed by atoms with Crippen molar-refractivity contribution in [1.29, 1.82) is 0 Å². The third-order valence-electron chi connectivity index (χ3n) is 6.01. The number of nitrogens with zero attached hydrogens (tertiary/aromatic N) is 3. The molecule has 1 aliphatic heterocycles. The highest BCUT2D eigenvalue weighted by Gasteiger charge is 2.22. The van der Waals surface area contributed by atoms with Gasteiger partial charge in [0.25, 0.3) is 5.91 Å². The Hall–Kier alpha value is -4.10. The van der Waals surface area contributed by atoms with Gasteiger partial charge in [-0.2, -0.15) is 0 Å². The fraction of sp³-hybridized carbons (Fsp3) is 0.241. The average Bonchev–Trinajstić information content (AvgIpc) is 3.04. The maximum absolute atomic E-state index is 13.4. The van der Waals surface area contributed by atoms with Gasteiger partial charge in [-0.05, 0) is 59.5 Å². The Morgan fingerprint density at radius 3 is 2.33 bits per heavy atom. The molecule has 0 spiro atoms. The van der Waals surface area contributed by atoms with Crippen LogP contribution >= 0.6 is 0 Å². The number of amides is 1. The molecule has 4 rings (SSSR count). The van der Waals surface area contributed by atoms with Gasteiger partial charge in [-0.3, -0.25) is 9.63 Å². The normalized spacial score (nSPS) is 12.8. The van der Waals surface area contributed by atoms with Crippen LogP contribution in [-0.4, -0.2) is 37.4 Å². The quantitative estimate of drug-likeness (QED) is 0.341. The van der Waals surface area contributed by atoms with E-state index in [1.165, 1.54) is 5.06 Å². The topological polar surface area (TPSA) is 97.2 Å². The third kappa shape index (κ3) is 5.93. The van der Waals surface area contributed by atoms with Crippen LogP contribution in [0, 0.1) is 0 Å². The zero-order valence-corrected chi connectivity index (χ0v) is 21.1. The summed E-state index contributed by atoms with van der Waals surface area (Å²) in [6.07, 6.45) is 2.89. The second-order valence-corrected chi connectivity index (χ2v) is 9.09. The molecule has 1 heterocycles. The zero-order chi connectivity index (χ0) is 25.7. The molecule has 0 saturated carbocycles. The molecular weight excluding hydrogens is 450 g/mol. The summed E-state index contributed by atoms with van der Waals surface area (Å²) in [5.41, 5.74) is 19.0. The summed E-state index contributed by atoms with van der Waals surface area (Å²) in [6, 6.07) is 21.8. The van der Waals surface area contributed by atoms with Gasteiger partial charge < -0.3 is 16.4 Å². The predicted molar refractivity (Wildman–Crippen MR) is 148 cm³/mol. The number of anilines is 2. The van der Waals surface area contributed by atoms with E-state index in [2.05, 4.69) is 34.2 Å². The molecule has 1 aliphatic rings. The van der Waals surface area contributed by atoms with Gasteiger partial charge in [-0.15, -0.1) is 0 Å². The summed E-state index contributed by atoms with van der Waals surface area (Å²) in [7, 11) is 4.04. The zero-order valence-electron chi connectivity index (χ0n) is 21.1. The molecule has 0 aliphatic carbocycles. The Bertz CT molecular complexity index is 1280. The molecule has 0 aromatic heterocycles. The lowest BCUT2D eigenvalue weighted by atomic mass is 10.0. The van der Waals surface area contributed by atoms with E-state index in [0.29, 0.717) is 23.6 Å². The average molecular weight is 484 g/mol. The molecule has 3 aromatic rings. The van der Waals surface area contributed by atoms with Crippen molar-refractivity contribution in [2.75, 3.05) is 31.3 Å². The Balaban J connectivity index is 1.57. The van der Waals surface area contributed by atoms with E-state index >= 15 is 0 Å². The van der Waals surface area contributed by atoms with E-state index in [9.17, 15) is 4.79 Å². The van der Waals surface area contributed by atoms with Crippen LogP contribution in [0.15, 0.2) is 77.3 Å². The number of carbonyl (C=O) groups is 1. The summed E-state index contributed by atoms with van der Waals surface area (Å²) in [6.45, 7) is 2.75. The van der Waals surface area contributed by atoms with Crippen LogP contribution in [0.4, 0.5) is 17.1 Å². The van der Waals surface area contributed by atoms with Crippen LogP contribution in [0.1, 0.15) is 30.9 Å². The highest BCUT2D eigenvalue weighted by Crippen LogP contribution is 2.32. The Labute approximate surface area is 212 Å². The third-order valence-corrected chi connectivity index (χ3v) is 6.01. The van der Waals surface area contributed by atoms with Crippen molar-refractivity contribution in [3.63, 3.8) is 0 Å². The molecule has 4 N–H and O–H groups in total. The number of hydrogen-bond acceptors (Lipinski definition) is 6. The molecule has 0 radical (unpaired) electrons. The fourth-order valence-electron chi connectivity index (χ4n) is 4.01. The molecule has 1 amide bonds. The van der Waals surface area contributed by atoms with E-state index in [1.54, 1.807) is 0 Å². The van der Waals surface area contributed by atoms with Crippen molar-refractivity contribution in [3.05, 3.63) is 83.4 Å². The number of amidine groups is 1. The minimum Gasteiger partial charge on any atom is -0.399 e. The summed E-state index contributed by atoms with van der Waals surface area (Å²) in [4.78, 5) is 26.0. The van der Waals surface area contributed by atoms with Crippen molar-refractivity contribution in [2.24, 2.45) is 10.7 Å². The largest absolute Gasteiger partial charge is 0.399 e. The molecule has 36 heavy (non-hydrogen) atoms. The number of hydroxylamine groups is 2. The predicted octanol–water partition coefficient (Wildman–Crippen LogP) is 5.15. The maximum Gasteiger partial charge on any atom is 0.273 e. The Morgan fingerprint density at radius 1 is 0.972 bits per heavy atom. The molecule has 3 aromatic carbocycles. The SMILES string of the molecule is CCCN(OCc1ccc(N)cc1)C(=O)C1=Cc2ccc(-c3ccc(N(C)C)cc3)cc2N=C(N)C1. The highest BCUT2D eigenvalue weighted by molar-refractivity contribution is 6.05. The number of fused-ring (bicyclic) bond motifs is 1. The first-order valence-electron chi connectivity index (χ1n) is 12.1. The second-order valence-electron chi connectivity index (χ2n) is 9.09. The van der Waals surface area contributed by atoms with E-state index in [-0.39, 0.29) is 18.9 Å². The van der Waals surface area contributed by atoms with Crippen LogP contribution in [0.3, 0.4) is 0 Å². The van der Waals surface area contributed by atoms with Crippen molar-refractivity contribution in [3.8, 4) is 11.1 Å². The number of carbonyl (C=O) groups excluding carboxylic acids is 1. The number of nitrogen functional groups attached to an aromatic ring is 1. The molecule has 7 heteroatoms. The van der Waals surface area contributed by atoms with Gasteiger partial charge >= 0.3 is 0 Å². The van der Waals surface area contributed by atoms with Crippen molar-refractivity contribution < 1.29 is 9.63 Å². The lowest BCUT2D eigenvalue weighted by Crippen LogP contribution is -2.34. The minimum atomic E-state index is -0.207. The summed E-state index contributed by atoms with van der Waals surface area (Å²) in [5, 5.41) is 1.42. The van der Waals surface area contributed by atoms with Crippen LogP contribution < -0.4 is 16.4 Å². The molecular formula is C29H33N5O2. The van der Waals surface area contributed by atoms with Crippen LogP contribution in [0.25, 0.3) is 17.2 Å². The first kappa shape index (κ1) is 25.0. The number of nitrogens with two attached hydrogens (primary N) is 2. The van der Waals surface area contributed by atoms with Crippen LogP contribution in [-0.2, 0) is 16.2 Å². The molecule has 7 nitrogen and oxygen atoms in total.